The second kappa shape index (κ2) is 6.04. The van der Waals surface area contributed by atoms with Gasteiger partial charge in [0.15, 0.2) is 0 Å². The van der Waals surface area contributed by atoms with Crippen molar-refractivity contribution in [2.24, 2.45) is 0 Å². The monoisotopic (exact) mass is 372 g/mol. The number of halogens is 2. The lowest BCUT2D eigenvalue weighted by Crippen LogP contribution is -2.05. The van der Waals surface area contributed by atoms with Gasteiger partial charge in [0, 0.05) is 15.0 Å². The smallest absolute Gasteiger partial charge is 0.0841 e. The molecular formula is C15H14ClIO. The molecule has 2 rings (SSSR count). The van der Waals surface area contributed by atoms with E-state index in [1.807, 2.05) is 30.3 Å². The Morgan fingerprint density at radius 2 is 1.94 bits per heavy atom. The first kappa shape index (κ1) is 13.8. The number of aryl methyl sites for hydroxylation is 1. The van der Waals surface area contributed by atoms with Crippen LogP contribution >= 0.6 is 34.2 Å². The molecule has 1 N–H and O–H groups in total. The molecule has 0 aromatic heterocycles. The highest BCUT2D eigenvalue weighted by atomic mass is 127. The van der Waals surface area contributed by atoms with Crippen molar-refractivity contribution in [1.82, 2.24) is 0 Å². The molecule has 1 nitrogen and oxygen atoms in total. The van der Waals surface area contributed by atoms with E-state index < -0.39 is 6.10 Å². The Morgan fingerprint density at radius 1 is 1.22 bits per heavy atom. The van der Waals surface area contributed by atoms with Crippen molar-refractivity contribution in [3.05, 3.63) is 67.7 Å². The molecule has 0 bridgehead atoms. The topological polar surface area (TPSA) is 20.2 Å². The summed E-state index contributed by atoms with van der Waals surface area (Å²) in [5.74, 6) is 0. The zero-order chi connectivity index (χ0) is 13.1. The van der Waals surface area contributed by atoms with E-state index in [1.54, 1.807) is 0 Å². The third-order valence-electron chi connectivity index (χ3n) is 2.99. The van der Waals surface area contributed by atoms with E-state index in [1.165, 1.54) is 11.1 Å². The van der Waals surface area contributed by atoms with Crippen LogP contribution in [-0.2, 0) is 6.42 Å². The van der Waals surface area contributed by atoms with Gasteiger partial charge in [-0.2, -0.15) is 0 Å². The SMILES string of the molecule is Cc1ccccc1CC(O)c1cc(Cl)ccc1I. The molecule has 0 heterocycles. The van der Waals surface area contributed by atoms with Crippen LogP contribution in [0.25, 0.3) is 0 Å². The summed E-state index contributed by atoms with van der Waals surface area (Å²) in [7, 11) is 0. The first-order valence-corrected chi connectivity index (χ1v) is 7.21. The third kappa shape index (κ3) is 3.25. The largest absolute Gasteiger partial charge is 0.388 e. The maximum Gasteiger partial charge on any atom is 0.0841 e. The van der Waals surface area contributed by atoms with Gasteiger partial charge >= 0.3 is 0 Å². The molecule has 0 saturated carbocycles. The minimum Gasteiger partial charge on any atom is -0.388 e. The lowest BCUT2D eigenvalue weighted by molar-refractivity contribution is 0.177. The molecule has 94 valence electrons. The van der Waals surface area contributed by atoms with Crippen LogP contribution in [0.1, 0.15) is 22.8 Å². The molecule has 0 amide bonds. The lowest BCUT2D eigenvalue weighted by atomic mass is 9.98. The molecule has 0 aliphatic carbocycles. The van der Waals surface area contributed by atoms with Gasteiger partial charge in [0.25, 0.3) is 0 Å². The predicted molar refractivity (Wildman–Crippen MR) is 84.0 cm³/mol. The fourth-order valence-electron chi connectivity index (χ4n) is 1.93. The van der Waals surface area contributed by atoms with Crippen LogP contribution in [0.3, 0.4) is 0 Å². The maximum atomic E-state index is 10.3. The summed E-state index contributed by atoms with van der Waals surface area (Å²) in [6.07, 6.45) is 0.0972. The fourth-order valence-corrected chi connectivity index (χ4v) is 2.80. The first-order chi connectivity index (χ1) is 8.58. The van der Waals surface area contributed by atoms with Gasteiger partial charge in [0.05, 0.1) is 6.10 Å². The number of hydrogen-bond donors (Lipinski definition) is 1. The fraction of sp³-hybridized carbons (Fsp3) is 0.200. The molecule has 0 aliphatic rings. The Kier molecular flexibility index (Phi) is 4.65. The van der Waals surface area contributed by atoms with Crippen LogP contribution < -0.4 is 0 Å². The van der Waals surface area contributed by atoms with E-state index in [0.29, 0.717) is 11.4 Å². The Bertz CT molecular complexity index is 554. The maximum absolute atomic E-state index is 10.3. The summed E-state index contributed by atoms with van der Waals surface area (Å²) < 4.78 is 1.04. The highest BCUT2D eigenvalue weighted by Gasteiger charge is 2.13. The van der Waals surface area contributed by atoms with Crippen LogP contribution in [0.2, 0.25) is 5.02 Å². The third-order valence-corrected chi connectivity index (χ3v) is 4.21. The predicted octanol–water partition coefficient (Wildman–Crippen LogP) is 4.53. The summed E-state index contributed by atoms with van der Waals surface area (Å²) in [5.41, 5.74) is 3.26. The first-order valence-electron chi connectivity index (χ1n) is 5.75. The molecule has 0 radical (unpaired) electrons. The summed E-state index contributed by atoms with van der Waals surface area (Å²) in [4.78, 5) is 0. The van der Waals surface area contributed by atoms with E-state index in [9.17, 15) is 5.11 Å². The second-order valence-corrected chi connectivity index (χ2v) is 5.91. The van der Waals surface area contributed by atoms with Gasteiger partial charge in [-0.25, -0.2) is 0 Å². The zero-order valence-electron chi connectivity index (χ0n) is 10.0. The summed E-state index contributed by atoms with van der Waals surface area (Å²) >= 11 is 8.21. The Labute approximate surface area is 126 Å². The van der Waals surface area contributed by atoms with Crippen molar-refractivity contribution in [2.75, 3.05) is 0 Å². The molecule has 0 aliphatic heterocycles. The van der Waals surface area contributed by atoms with Gasteiger partial charge in [0.2, 0.25) is 0 Å². The molecule has 3 heteroatoms. The Hall–Kier alpha value is -0.580. The Balaban J connectivity index is 2.25. The van der Waals surface area contributed by atoms with Gasteiger partial charge < -0.3 is 5.11 Å². The highest BCUT2D eigenvalue weighted by Crippen LogP contribution is 2.27. The molecule has 2 aromatic rings. The summed E-state index contributed by atoms with van der Waals surface area (Å²) in [6, 6.07) is 13.7. The van der Waals surface area contributed by atoms with Crippen LogP contribution in [-0.4, -0.2) is 5.11 Å². The van der Waals surface area contributed by atoms with Gasteiger partial charge in [-0.15, -0.1) is 0 Å². The highest BCUT2D eigenvalue weighted by molar-refractivity contribution is 14.1. The van der Waals surface area contributed by atoms with Gasteiger partial charge in [-0.3, -0.25) is 0 Å². The van der Waals surface area contributed by atoms with E-state index in [4.69, 9.17) is 11.6 Å². The van der Waals surface area contributed by atoms with Crippen molar-refractivity contribution in [1.29, 1.82) is 0 Å². The number of benzene rings is 2. The molecule has 0 fully saturated rings. The van der Waals surface area contributed by atoms with Crippen molar-refractivity contribution in [3.8, 4) is 0 Å². The average molecular weight is 373 g/mol. The van der Waals surface area contributed by atoms with Crippen LogP contribution in [0, 0.1) is 10.5 Å². The second-order valence-electron chi connectivity index (χ2n) is 4.31. The standard InChI is InChI=1S/C15H14ClIO/c1-10-4-2-3-5-11(10)8-15(18)13-9-12(16)6-7-14(13)17/h2-7,9,15,18H,8H2,1H3. The van der Waals surface area contributed by atoms with Gasteiger partial charge in [-0.1, -0.05) is 35.9 Å². The molecule has 2 aromatic carbocycles. The number of aliphatic hydroxyl groups excluding tert-OH is 1. The normalized spacial score (nSPS) is 12.4. The van der Waals surface area contributed by atoms with Crippen LogP contribution in [0.5, 0.6) is 0 Å². The zero-order valence-corrected chi connectivity index (χ0v) is 12.9. The molecule has 18 heavy (non-hydrogen) atoms. The number of rotatable bonds is 3. The van der Waals surface area contributed by atoms with Gasteiger partial charge in [-0.05, 0) is 64.4 Å². The summed E-state index contributed by atoms with van der Waals surface area (Å²) in [5, 5.41) is 11.0. The van der Waals surface area contributed by atoms with Crippen molar-refractivity contribution in [2.45, 2.75) is 19.4 Å². The van der Waals surface area contributed by atoms with E-state index in [0.717, 1.165) is 9.13 Å². The van der Waals surface area contributed by atoms with Crippen LogP contribution in [0.4, 0.5) is 0 Å². The molecular weight excluding hydrogens is 359 g/mol. The molecule has 0 saturated heterocycles. The van der Waals surface area contributed by atoms with Crippen molar-refractivity contribution in [3.63, 3.8) is 0 Å². The minimum atomic E-state index is -0.517. The molecule has 0 spiro atoms. The minimum absolute atomic E-state index is 0.517. The van der Waals surface area contributed by atoms with Gasteiger partial charge in [0.1, 0.15) is 0 Å². The van der Waals surface area contributed by atoms with Crippen molar-refractivity contribution >= 4 is 34.2 Å². The molecule has 1 atom stereocenters. The van der Waals surface area contributed by atoms with E-state index >= 15 is 0 Å². The quantitative estimate of drug-likeness (QED) is 0.785. The van der Waals surface area contributed by atoms with Crippen molar-refractivity contribution < 1.29 is 5.11 Å². The van der Waals surface area contributed by atoms with Crippen LogP contribution in [0.15, 0.2) is 42.5 Å². The Morgan fingerprint density at radius 3 is 2.67 bits per heavy atom. The number of hydrogen-bond acceptors (Lipinski definition) is 1. The van der Waals surface area contributed by atoms with E-state index in [2.05, 4.69) is 41.6 Å². The average Bonchev–Trinajstić information content (AvgIpc) is 2.35. The lowest BCUT2D eigenvalue weighted by Gasteiger charge is -2.14. The van der Waals surface area contributed by atoms with E-state index in [-0.39, 0.29) is 0 Å². The molecule has 1 unspecified atom stereocenters. The summed E-state index contributed by atoms with van der Waals surface area (Å²) in [6.45, 7) is 2.06. The number of aliphatic hydroxyl groups is 1.